The topological polar surface area (TPSA) is 13.0 Å². The first-order chi connectivity index (χ1) is 30.3. The van der Waals surface area contributed by atoms with E-state index < -0.39 is 0 Å². The van der Waals surface area contributed by atoms with Gasteiger partial charge in [-0.3, -0.25) is 0 Å². The van der Waals surface area contributed by atoms with Crippen LogP contribution in [-0.2, 0) is 10.8 Å². The summed E-state index contributed by atoms with van der Waals surface area (Å²) in [5.74, 6) is 0. The molecule has 0 atom stereocenters. The third-order valence-corrected chi connectivity index (χ3v) is 13.9. The average molecular weight is 797 g/mol. The van der Waals surface area contributed by atoms with Crippen LogP contribution in [0.4, 0.5) is 22.7 Å². The van der Waals surface area contributed by atoms with Gasteiger partial charge >= 0.3 is 14.0 Å². The maximum absolute atomic E-state index is 2.61. The Labute approximate surface area is 365 Å². The van der Waals surface area contributed by atoms with Crippen LogP contribution < -0.4 is 30.2 Å². The van der Waals surface area contributed by atoms with Crippen LogP contribution in [0.15, 0.2) is 218 Å². The second kappa shape index (κ2) is 13.7. The molecule has 8 aromatic rings. The van der Waals surface area contributed by atoms with Gasteiger partial charge in [0, 0.05) is 56.1 Å². The smallest absolute Gasteiger partial charge is 0.363 e. The summed E-state index contributed by atoms with van der Waals surface area (Å²) in [6.45, 7) is 9.36. The first kappa shape index (κ1) is 36.7. The molecule has 0 N–H and O–H groups in total. The minimum absolute atomic E-state index is 0.104. The van der Waals surface area contributed by atoms with Gasteiger partial charge in [0.1, 0.15) is 0 Å². The monoisotopic (exact) mass is 796 g/mol. The molecule has 12 rings (SSSR count). The van der Waals surface area contributed by atoms with E-state index in [1.54, 1.807) is 0 Å². The van der Waals surface area contributed by atoms with Crippen molar-refractivity contribution < 1.29 is 0 Å². The Bertz CT molecular complexity index is 2900. The number of allylic oxidation sites excluding steroid dienone is 2. The van der Waals surface area contributed by atoms with Crippen molar-refractivity contribution in [3.05, 3.63) is 240 Å². The molecule has 62 heavy (non-hydrogen) atoms. The van der Waals surface area contributed by atoms with Crippen molar-refractivity contribution in [1.82, 2.24) is 0 Å². The van der Waals surface area contributed by atoms with Crippen molar-refractivity contribution in [2.24, 2.45) is 0 Å². The summed E-state index contributed by atoms with van der Waals surface area (Å²) >= 11 is 0. The molecule has 2 heterocycles. The van der Waals surface area contributed by atoms with Crippen LogP contribution >= 0.6 is 0 Å². The third-order valence-electron chi connectivity index (χ3n) is 13.9. The lowest BCUT2D eigenvalue weighted by Crippen LogP contribution is -2.56. The summed E-state index contributed by atoms with van der Waals surface area (Å²) in [4.78, 5) is 10.4. The molecule has 2 aliphatic heterocycles. The Hall–Kier alpha value is -7.17. The predicted molar refractivity (Wildman–Crippen MR) is 263 cm³/mol. The quantitative estimate of drug-likeness (QED) is 0.155. The number of fused-ring (bicyclic) bond motifs is 5. The standard InChI is InChI=1S/C56H46B2N4/c1-55(2)49-31-19-17-29-47(49)51-53(55)61(45-25-13-7-14-26-45)57(59(51)43-21-9-5-10-22-43)41-35-33-40-38-42(36-34-39(40)37-41)58-60(44-23-11-6-12-24-44)52-48-30-18-20-32-50(48)56(3,4)54(52)62(58)46-27-15-8-16-28-46/h5-38H,1-4H3. The van der Waals surface area contributed by atoms with Crippen molar-refractivity contribution in [1.29, 1.82) is 0 Å². The normalized spacial score (nSPS) is 17.0. The van der Waals surface area contributed by atoms with E-state index in [-0.39, 0.29) is 24.8 Å². The van der Waals surface area contributed by atoms with Gasteiger partial charge in [-0.05, 0) is 81.4 Å². The van der Waals surface area contributed by atoms with Gasteiger partial charge < -0.3 is 19.2 Å². The first-order valence-electron chi connectivity index (χ1n) is 21.9. The number of rotatable bonds is 6. The Morgan fingerprint density at radius 1 is 0.323 bits per heavy atom. The zero-order chi connectivity index (χ0) is 41.7. The van der Waals surface area contributed by atoms with E-state index in [1.165, 1.54) is 89.5 Å². The predicted octanol–water partition coefficient (Wildman–Crippen LogP) is 11.6. The van der Waals surface area contributed by atoms with E-state index in [0.717, 1.165) is 0 Å². The molecule has 0 unspecified atom stereocenters. The largest absolute Gasteiger partial charge is 0.420 e. The second-order valence-electron chi connectivity index (χ2n) is 18.2. The molecular formula is C56H46B2N4. The molecule has 0 amide bonds. The van der Waals surface area contributed by atoms with E-state index in [0.29, 0.717) is 0 Å². The first-order valence-corrected chi connectivity index (χ1v) is 21.9. The molecule has 6 heteroatoms. The lowest BCUT2D eigenvalue weighted by Gasteiger charge is -2.38. The van der Waals surface area contributed by atoms with Crippen LogP contribution in [0.5, 0.6) is 0 Å². The summed E-state index contributed by atoms with van der Waals surface area (Å²) in [7, 11) is 0. The van der Waals surface area contributed by atoms with E-state index in [1.807, 2.05) is 0 Å². The van der Waals surface area contributed by atoms with Gasteiger partial charge in [0.15, 0.2) is 0 Å². The number of anilines is 4. The van der Waals surface area contributed by atoms with Gasteiger partial charge in [0.05, 0.1) is 11.4 Å². The van der Waals surface area contributed by atoms with Gasteiger partial charge in [-0.1, -0.05) is 185 Å². The molecule has 296 valence electrons. The van der Waals surface area contributed by atoms with E-state index >= 15 is 0 Å². The molecule has 0 aromatic heterocycles. The van der Waals surface area contributed by atoms with Crippen LogP contribution in [0.2, 0.25) is 0 Å². The number of nitrogens with zero attached hydrogens (tertiary/aromatic N) is 4. The lowest BCUT2D eigenvalue weighted by atomic mass is 9.61. The zero-order valence-electron chi connectivity index (χ0n) is 35.6. The minimum Gasteiger partial charge on any atom is -0.363 e. The SMILES string of the molecule is CC1(C)C2=C(c3ccccc31)N(c1ccccc1)B(c1ccc3cc(B4N(c5ccccc5)C5=C(N4c4ccccc4)C(C)(C)c4ccccc45)ccc3c1)N2c1ccccc1. The zero-order valence-corrected chi connectivity index (χ0v) is 35.6. The Balaban J connectivity index is 1.03. The number of para-hydroxylation sites is 4. The maximum Gasteiger partial charge on any atom is 0.420 e. The molecule has 0 saturated carbocycles. The number of benzene rings is 8. The molecule has 0 fully saturated rings. The minimum atomic E-state index is -0.213. The van der Waals surface area contributed by atoms with E-state index in [9.17, 15) is 0 Å². The molecule has 0 radical (unpaired) electrons. The summed E-state index contributed by atoms with van der Waals surface area (Å²) in [6.07, 6.45) is 0. The van der Waals surface area contributed by atoms with Crippen LogP contribution in [-0.4, -0.2) is 14.0 Å². The Morgan fingerprint density at radius 3 is 0.984 bits per heavy atom. The van der Waals surface area contributed by atoms with Gasteiger partial charge in [-0.15, -0.1) is 0 Å². The Kier molecular flexibility index (Phi) is 8.08. The fourth-order valence-electron chi connectivity index (χ4n) is 11.2. The summed E-state index contributed by atoms with van der Waals surface area (Å²) in [5.41, 5.74) is 17.4. The van der Waals surface area contributed by atoms with Crippen molar-refractivity contribution >= 4 is 69.8 Å². The van der Waals surface area contributed by atoms with Crippen LogP contribution in [0.3, 0.4) is 0 Å². The number of hydrogen-bond donors (Lipinski definition) is 0. The highest BCUT2D eigenvalue weighted by molar-refractivity contribution is 6.85. The molecule has 4 nitrogen and oxygen atoms in total. The lowest BCUT2D eigenvalue weighted by molar-refractivity contribution is 0.632. The highest BCUT2D eigenvalue weighted by atomic mass is 15.3. The van der Waals surface area contributed by atoms with E-state index in [2.05, 4.69) is 253 Å². The van der Waals surface area contributed by atoms with Gasteiger partial charge in [-0.25, -0.2) is 0 Å². The molecule has 0 bridgehead atoms. The molecule has 0 saturated heterocycles. The third kappa shape index (κ3) is 5.22. The van der Waals surface area contributed by atoms with Crippen molar-refractivity contribution in [3.8, 4) is 0 Å². The van der Waals surface area contributed by atoms with Gasteiger partial charge in [-0.2, -0.15) is 0 Å². The summed E-state index contributed by atoms with van der Waals surface area (Å²) in [6, 6.07) is 76.2. The summed E-state index contributed by atoms with van der Waals surface area (Å²) in [5, 5.41) is 2.45. The molecule has 0 spiro atoms. The fraction of sp³-hybridized carbons (Fsp3) is 0.107. The Morgan fingerprint density at radius 2 is 0.629 bits per heavy atom. The van der Waals surface area contributed by atoms with Crippen LogP contribution in [0, 0.1) is 0 Å². The highest BCUT2D eigenvalue weighted by Crippen LogP contribution is 2.56. The fourth-order valence-corrected chi connectivity index (χ4v) is 11.2. The average Bonchev–Trinajstić information content (AvgIpc) is 4.01. The van der Waals surface area contributed by atoms with Crippen molar-refractivity contribution in [2.45, 2.75) is 38.5 Å². The molecule has 4 aliphatic rings. The molecule has 8 aromatic carbocycles. The maximum atomic E-state index is 2.61. The van der Waals surface area contributed by atoms with Crippen LogP contribution in [0.25, 0.3) is 22.2 Å². The second-order valence-corrected chi connectivity index (χ2v) is 18.2. The van der Waals surface area contributed by atoms with Crippen molar-refractivity contribution in [3.63, 3.8) is 0 Å². The highest BCUT2D eigenvalue weighted by Gasteiger charge is 2.56. The van der Waals surface area contributed by atoms with Crippen LogP contribution in [0.1, 0.15) is 49.9 Å². The van der Waals surface area contributed by atoms with Gasteiger partial charge in [0.25, 0.3) is 0 Å². The number of hydrogen-bond acceptors (Lipinski definition) is 4. The molecular weight excluding hydrogens is 750 g/mol. The van der Waals surface area contributed by atoms with E-state index in [4.69, 9.17) is 0 Å². The van der Waals surface area contributed by atoms with Gasteiger partial charge in [0.2, 0.25) is 0 Å². The molecule has 2 aliphatic carbocycles. The van der Waals surface area contributed by atoms with Crippen molar-refractivity contribution in [2.75, 3.05) is 19.2 Å². The summed E-state index contributed by atoms with van der Waals surface area (Å²) < 4.78 is 0.